The van der Waals surface area contributed by atoms with E-state index in [0.29, 0.717) is 60.2 Å². The van der Waals surface area contributed by atoms with Crippen LogP contribution >= 0.6 is 23.2 Å². The van der Waals surface area contributed by atoms with Gasteiger partial charge in [0.05, 0.1) is 23.7 Å². The normalized spacial score (nSPS) is 14.4. The van der Waals surface area contributed by atoms with E-state index < -0.39 is 0 Å². The molecule has 10 heteroatoms. The number of rotatable bonds is 7. The molecule has 1 aromatic heterocycles. The summed E-state index contributed by atoms with van der Waals surface area (Å²) < 4.78 is 16.1. The average Bonchev–Trinajstić information content (AvgIpc) is 3.28. The fraction of sp³-hybridized carbons (Fsp3) is 0.318. The van der Waals surface area contributed by atoms with Crippen LogP contribution in [0.25, 0.3) is 11.4 Å². The van der Waals surface area contributed by atoms with E-state index in [4.69, 9.17) is 37.2 Å². The molecule has 2 heterocycles. The molecule has 0 spiro atoms. The number of nitrogens with zero attached hydrogens (tertiary/aromatic N) is 4. The van der Waals surface area contributed by atoms with E-state index in [1.807, 2.05) is 24.3 Å². The number of carbonyl (C=O) groups excluding carboxylic acids is 1. The van der Waals surface area contributed by atoms with Gasteiger partial charge >= 0.3 is 0 Å². The lowest BCUT2D eigenvalue weighted by Crippen LogP contribution is -2.49. The quantitative estimate of drug-likeness (QED) is 0.513. The number of aromatic nitrogens is 2. The molecule has 0 bridgehead atoms. The van der Waals surface area contributed by atoms with Gasteiger partial charge in [-0.2, -0.15) is 4.98 Å². The van der Waals surface area contributed by atoms with Crippen LogP contribution < -0.4 is 9.47 Å². The van der Waals surface area contributed by atoms with Crippen molar-refractivity contribution < 1.29 is 18.8 Å². The molecule has 32 heavy (non-hydrogen) atoms. The van der Waals surface area contributed by atoms with Gasteiger partial charge in [-0.15, -0.1) is 0 Å². The molecule has 0 radical (unpaired) electrons. The Balaban J connectivity index is 1.24. The van der Waals surface area contributed by atoms with Crippen LogP contribution in [-0.4, -0.2) is 65.7 Å². The average molecular weight is 477 g/mol. The molecule has 3 aromatic rings. The van der Waals surface area contributed by atoms with Crippen LogP contribution in [0.5, 0.6) is 11.5 Å². The number of hydrogen-bond donors (Lipinski definition) is 0. The van der Waals surface area contributed by atoms with Gasteiger partial charge in [0.1, 0.15) is 11.5 Å². The smallest absolute Gasteiger partial charge is 0.260 e. The Morgan fingerprint density at radius 2 is 1.75 bits per heavy atom. The summed E-state index contributed by atoms with van der Waals surface area (Å²) in [7, 11) is 1.62. The number of carbonyl (C=O) groups is 1. The number of hydrogen-bond acceptors (Lipinski definition) is 7. The summed E-state index contributed by atoms with van der Waals surface area (Å²) in [6.45, 7) is 3.10. The SMILES string of the molecule is COc1ccc(-c2noc(CN3CCN(C(=O)COc4ccc(Cl)c(Cl)c4)CC3)n2)cc1. The summed E-state index contributed by atoms with van der Waals surface area (Å²) in [6.07, 6.45) is 0. The van der Waals surface area contributed by atoms with Gasteiger partial charge < -0.3 is 18.9 Å². The predicted molar refractivity (Wildman–Crippen MR) is 120 cm³/mol. The summed E-state index contributed by atoms with van der Waals surface area (Å²) in [5, 5.41) is 4.90. The third-order valence-electron chi connectivity index (χ3n) is 5.15. The minimum absolute atomic E-state index is 0.0488. The van der Waals surface area contributed by atoms with Crippen molar-refractivity contribution in [2.45, 2.75) is 6.54 Å². The highest BCUT2D eigenvalue weighted by Crippen LogP contribution is 2.26. The van der Waals surface area contributed by atoms with E-state index >= 15 is 0 Å². The lowest BCUT2D eigenvalue weighted by Gasteiger charge is -2.33. The Morgan fingerprint density at radius 1 is 1.03 bits per heavy atom. The third kappa shape index (κ3) is 5.51. The Bertz CT molecular complexity index is 1070. The van der Waals surface area contributed by atoms with Gasteiger partial charge in [0, 0.05) is 37.8 Å². The zero-order chi connectivity index (χ0) is 22.5. The number of benzene rings is 2. The molecule has 1 aliphatic rings. The highest BCUT2D eigenvalue weighted by Gasteiger charge is 2.23. The van der Waals surface area contributed by atoms with Crippen molar-refractivity contribution >= 4 is 29.1 Å². The van der Waals surface area contributed by atoms with Gasteiger partial charge in [0.2, 0.25) is 11.7 Å². The van der Waals surface area contributed by atoms with Gasteiger partial charge in [-0.3, -0.25) is 9.69 Å². The van der Waals surface area contributed by atoms with E-state index in [1.54, 1.807) is 30.2 Å². The van der Waals surface area contributed by atoms with Gasteiger partial charge in [-0.1, -0.05) is 28.4 Å². The van der Waals surface area contributed by atoms with E-state index in [2.05, 4.69) is 15.0 Å². The molecule has 1 amide bonds. The fourth-order valence-corrected chi connectivity index (χ4v) is 3.61. The molecule has 0 atom stereocenters. The first kappa shape index (κ1) is 22.4. The number of ether oxygens (including phenoxy) is 2. The Hall–Kier alpha value is -2.81. The summed E-state index contributed by atoms with van der Waals surface area (Å²) in [4.78, 5) is 20.9. The first-order valence-electron chi connectivity index (χ1n) is 10.1. The van der Waals surface area contributed by atoms with Gasteiger partial charge in [0.15, 0.2) is 6.61 Å². The van der Waals surface area contributed by atoms with E-state index in [9.17, 15) is 4.79 Å². The molecule has 1 fully saturated rings. The predicted octanol–water partition coefficient (Wildman–Crippen LogP) is 3.78. The van der Waals surface area contributed by atoms with Crippen LogP contribution in [-0.2, 0) is 11.3 Å². The van der Waals surface area contributed by atoms with Crippen molar-refractivity contribution in [2.75, 3.05) is 39.9 Å². The highest BCUT2D eigenvalue weighted by atomic mass is 35.5. The first-order chi connectivity index (χ1) is 15.5. The van der Waals surface area contributed by atoms with E-state index in [-0.39, 0.29) is 12.5 Å². The number of piperazine rings is 1. The summed E-state index contributed by atoms with van der Waals surface area (Å²) in [6, 6.07) is 12.4. The monoisotopic (exact) mass is 476 g/mol. The van der Waals surface area contributed by atoms with Gasteiger partial charge in [-0.05, 0) is 36.4 Å². The molecule has 0 aliphatic carbocycles. The molecule has 2 aromatic carbocycles. The number of methoxy groups -OCH3 is 1. The van der Waals surface area contributed by atoms with Crippen LogP contribution in [0.3, 0.4) is 0 Å². The second kappa shape index (κ2) is 10.2. The summed E-state index contributed by atoms with van der Waals surface area (Å²) in [5.74, 6) is 2.28. The Labute approximate surface area is 195 Å². The maximum absolute atomic E-state index is 12.5. The van der Waals surface area contributed by atoms with Gasteiger partial charge in [-0.25, -0.2) is 0 Å². The zero-order valence-electron chi connectivity index (χ0n) is 17.5. The van der Waals surface area contributed by atoms with Crippen LogP contribution in [0.15, 0.2) is 47.0 Å². The molecule has 0 N–H and O–H groups in total. The molecule has 8 nitrogen and oxygen atoms in total. The molecular formula is C22H22Cl2N4O4. The fourth-order valence-electron chi connectivity index (χ4n) is 3.33. The summed E-state index contributed by atoms with van der Waals surface area (Å²) >= 11 is 11.9. The van der Waals surface area contributed by atoms with E-state index in [0.717, 1.165) is 11.3 Å². The molecular weight excluding hydrogens is 455 g/mol. The van der Waals surface area contributed by atoms with Crippen molar-refractivity contribution in [3.05, 3.63) is 58.4 Å². The largest absolute Gasteiger partial charge is 0.497 e. The van der Waals surface area contributed by atoms with Crippen molar-refractivity contribution in [2.24, 2.45) is 0 Å². The van der Waals surface area contributed by atoms with Crippen LogP contribution in [0.2, 0.25) is 10.0 Å². The van der Waals surface area contributed by atoms with Crippen molar-refractivity contribution in [1.29, 1.82) is 0 Å². The lowest BCUT2D eigenvalue weighted by molar-refractivity contribution is -0.135. The van der Waals surface area contributed by atoms with Crippen molar-refractivity contribution in [1.82, 2.24) is 19.9 Å². The number of halogens is 2. The second-order valence-electron chi connectivity index (χ2n) is 7.26. The second-order valence-corrected chi connectivity index (χ2v) is 8.08. The highest BCUT2D eigenvalue weighted by molar-refractivity contribution is 6.42. The number of amides is 1. The minimum Gasteiger partial charge on any atom is -0.497 e. The van der Waals surface area contributed by atoms with Gasteiger partial charge in [0.25, 0.3) is 5.91 Å². The van der Waals surface area contributed by atoms with E-state index in [1.165, 1.54) is 0 Å². The van der Waals surface area contributed by atoms with Crippen LogP contribution in [0, 0.1) is 0 Å². The minimum atomic E-state index is -0.0738. The molecule has 1 saturated heterocycles. The maximum Gasteiger partial charge on any atom is 0.260 e. The molecule has 0 unspecified atom stereocenters. The van der Waals surface area contributed by atoms with Crippen LogP contribution in [0.4, 0.5) is 0 Å². The Kier molecular flexibility index (Phi) is 7.14. The zero-order valence-corrected chi connectivity index (χ0v) is 19.0. The van der Waals surface area contributed by atoms with Crippen molar-refractivity contribution in [3.8, 4) is 22.9 Å². The topological polar surface area (TPSA) is 80.9 Å². The third-order valence-corrected chi connectivity index (χ3v) is 5.89. The van der Waals surface area contributed by atoms with Crippen LogP contribution in [0.1, 0.15) is 5.89 Å². The lowest BCUT2D eigenvalue weighted by atomic mass is 10.2. The Morgan fingerprint density at radius 3 is 2.44 bits per heavy atom. The molecule has 0 saturated carbocycles. The van der Waals surface area contributed by atoms with Crippen molar-refractivity contribution in [3.63, 3.8) is 0 Å². The molecule has 4 rings (SSSR count). The molecule has 1 aliphatic heterocycles. The standard InChI is InChI=1S/C22H22Cl2N4O4/c1-30-16-4-2-15(3-5-16)22-25-20(32-26-22)13-27-8-10-28(11-9-27)21(29)14-31-17-6-7-18(23)19(24)12-17/h2-7,12H,8-11,13-14H2,1H3. The first-order valence-corrected chi connectivity index (χ1v) is 10.8. The summed E-state index contributed by atoms with van der Waals surface area (Å²) in [5.41, 5.74) is 0.859. The maximum atomic E-state index is 12.5. The molecule has 168 valence electrons.